The van der Waals surface area contributed by atoms with Gasteiger partial charge in [0.1, 0.15) is 11.9 Å². The lowest BCUT2D eigenvalue weighted by Crippen LogP contribution is -2.33. The van der Waals surface area contributed by atoms with E-state index in [0.717, 1.165) is 43.1 Å². The average Bonchev–Trinajstić information content (AvgIpc) is 3.49. The number of aryl methyl sites for hydroxylation is 1. The van der Waals surface area contributed by atoms with Crippen molar-refractivity contribution in [1.29, 1.82) is 0 Å². The molecule has 2 aliphatic rings. The molecule has 3 aromatic rings. The first-order chi connectivity index (χ1) is 14.6. The number of hydrogen-bond acceptors (Lipinski definition) is 7. The van der Waals surface area contributed by atoms with Gasteiger partial charge in [0.2, 0.25) is 0 Å². The summed E-state index contributed by atoms with van der Waals surface area (Å²) in [5.74, 6) is 1.48. The average molecular weight is 407 g/mol. The third-order valence-corrected chi connectivity index (χ3v) is 5.85. The summed E-state index contributed by atoms with van der Waals surface area (Å²) in [5, 5.41) is 24.4. The van der Waals surface area contributed by atoms with Crippen LogP contribution in [0.1, 0.15) is 30.3 Å². The summed E-state index contributed by atoms with van der Waals surface area (Å²) in [5.41, 5.74) is 3.04. The minimum Gasteiger partial charge on any atom is -0.393 e. The van der Waals surface area contributed by atoms with Gasteiger partial charge >= 0.3 is 0 Å². The van der Waals surface area contributed by atoms with Gasteiger partial charge in [0, 0.05) is 31.0 Å². The number of fused-ring (bicyclic) bond motifs is 1. The highest BCUT2D eigenvalue weighted by Gasteiger charge is 2.39. The predicted molar refractivity (Wildman–Crippen MR) is 111 cm³/mol. The van der Waals surface area contributed by atoms with E-state index in [9.17, 15) is 10.2 Å². The number of hydrogen-bond donors (Lipinski definition) is 2. The van der Waals surface area contributed by atoms with Crippen LogP contribution in [0, 0.1) is 6.92 Å². The Bertz CT molecular complexity index is 1050. The predicted octanol–water partition coefficient (Wildman–Crippen LogP) is 2.03. The molecule has 3 atom stereocenters. The van der Waals surface area contributed by atoms with Gasteiger partial charge in [-0.05, 0) is 31.9 Å². The summed E-state index contributed by atoms with van der Waals surface area (Å²) >= 11 is 0. The summed E-state index contributed by atoms with van der Waals surface area (Å²) < 4.78 is 7.50. The van der Waals surface area contributed by atoms with Crippen LogP contribution in [0.5, 0.6) is 0 Å². The van der Waals surface area contributed by atoms with Crippen LogP contribution in [0.25, 0.3) is 17.1 Å². The van der Waals surface area contributed by atoms with E-state index in [-0.39, 0.29) is 18.0 Å². The molecule has 0 bridgehead atoms. The van der Waals surface area contributed by atoms with Gasteiger partial charge in [0.05, 0.1) is 24.4 Å². The van der Waals surface area contributed by atoms with Crippen molar-refractivity contribution in [3.8, 4) is 17.1 Å². The largest absolute Gasteiger partial charge is 0.393 e. The van der Waals surface area contributed by atoms with Crippen LogP contribution in [0.4, 0.5) is 5.82 Å². The van der Waals surface area contributed by atoms with Gasteiger partial charge in [0.25, 0.3) is 0 Å². The number of aromatic nitrogens is 4. The van der Waals surface area contributed by atoms with E-state index >= 15 is 0 Å². The van der Waals surface area contributed by atoms with E-state index in [1.165, 1.54) is 5.56 Å². The Balaban J connectivity index is 1.53. The number of ether oxygens (including phenoxy) is 1. The monoisotopic (exact) mass is 407 g/mol. The van der Waals surface area contributed by atoms with Gasteiger partial charge in [-0.2, -0.15) is 5.10 Å². The molecular weight excluding hydrogens is 382 g/mol. The lowest BCUT2D eigenvalue weighted by molar-refractivity contribution is 0.0886. The van der Waals surface area contributed by atoms with Crippen molar-refractivity contribution >= 4 is 5.82 Å². The molecule has 2 fully saturated rings. The highest BCUT2D eigenvalue weighted by atomic mass is 16.5. The highest BCUT2D eigenvalue weighted by molar-refractivity contribution is 5.60. The van der Waals surface area contributed by atoms with Gasteiger partial charge in [0.15, 0.2) is 11.6 Å². The molecule has 0 radical (unpaired) electrons. The highest BCUT2D eigenvalue weighted by Crippen LogP contribution is 2.33. The molecule has 0 spiro atoms. The Labute approximate surface area is 174 Å². The molecule has 2 aliphatic heterocycles. The van der Waals surface area contributed by atoms with Crippen LogP contribution < -0.4 is 4.90 Å². The first-order valence-electron chi connectivity index (χ1n) is 10.3. The second kappa shape index (κ2) is 7.79. The van der Waals surface area contributed by atoms with E-state index in [1.807, 2.05) is 30.5 Å². The van der Waals surface area contributed by atoms with Crippen LogP contribution >= 0.6 is 0 Å². The number of anilines is 1. The molecule has 0 saturated carbocycles. The van der Waals surface area contributed by atoms with E-state index in [1.54, 1.807) is 4.68 Å². The molecule has 0 aliphatic carbocycles. The standard InChI is InChI=1S/C22H25N5O3/c1-14-3-2-4-15(11-14)16-5-9-27(25-16)21-12-20(23-22(24-21)18(29)13-28)26-8-6-19-17(26)7-10-30-19/h2-5,9,11-12,17-19,28-29H,6-8,10,13H2,1H3/t17-,18?,19-/m1/s1. The molecule has 1 unspecified atom stereocenters. The summed E-state index contributed by atoms with van der Waals surface area (Å²) in [4.78, 5) is 11.3. The third-order valence-electron chi connectivity index (χ3n) is 5.85. The molecule has 8 nitrogen and oxygen atoms in total. The molecule has 0 amide bonds. The van der Waals surface area contributed by atoms with Crippen molar-refractivity contribution in [1.82, 2.24) is 19.7 Å². The second-order valence-corrected chi connectivity index (χ2v) is 7.90. The van der Waals surface area contributed by atoms with Crippen molar-refractivity contribution in [3.05, 3.63) is 54.0 Å². The zero-order valence-electron chi connectivity index (χ0n) is 16.8. The van der Waals surface area contributed by atoms with Gasteiger partial charge in [-0.3, -0.25) is 0 Å². The number of benzene rings is 1. The Morgan fingerprint density at radius 3 is 2.87 bits per heavy atom. The second-order valence-electron chi connectivity index (χ2n) is 7.90. The first kappa shape index (κ1) is 19.2. The normalized spacial score (nSPS) is 21.8. The fourth-order valence-electron chi connectivity index (χ4n) is 4.33. The molecule has 1 aromatic carbocycles. The van der Waals surface area contributed by atoms with Crippen molar-refractivity contribution in [2.45, 2.75) is 38.0 Å². The maximum Gasteiger partial charge on any atom is 0.164 e. The zero-order chi connectivity index (χ0) is 20.7. The molecular formula is C22H25N5O3. The number of aliphatic hydroxyl groups is 2. The number of nitrogens with zero attached hydrogens (tertiary/aromatic N) is 5. The lowest BCUT2D eigenvalue weighted by atomic mass is 10.1. The van der Waals surface area contributed by atoms with Gasteiger partial charge in [-0.1, -0.05) is 23.8 Å². The van der Waals surface area contributed by atoms with Gasteiger partial charge in [-0.25, -0.2) is 14.6 Å². The SMILES string of the molecule is Cc1cccc(-c2ccn(-c3cc(N4CC[C@H]5OCC[C@H]54)nc(C(O)CO)n3)n2)c1. The fourth-order valence-corrected chi connectivity index (χ4v) is 4.33. The van der Waals surface area contributed by atoms with E-state index in [2.05, 4.69) is 33.9 Å². The molecule has 2 N–H and O–H groups in total. The van der Waals surface area contributed by atoms with Crippen LogP contribution in [-0.4, -0.2) is 61.9 Å². The minimum atomic E-state index is -1.14. The molecule has 2 aromatic heterocycles. The van der Waals surface area contributed by atoms with E-state index < -0.39 is 12.7 Å². The van der Waals surface area contributed by atoms with Crippen molar-refractivity contribution < 1.29 is 14.9 Å². The van der Waals surface area contributed by atoms with Gasteiger partial charge in [-0.15, -0.1) is 0 Å². The number of rotatable bonds is 5. The molecule has 5 rings (SSSR count). The Morgan fingerprint density at radius 1 is 1.17 bits per heavy atom. The van der Waals surface area contributed by atoms with Crippen LogP contribution in [0.15, 0.2) is 42.6 Å². The maximum atomic E-state index is 10.2. The quantitative estimate of drug-likeness (QED) is 0.668. The maximum absolute atomic E-state index is 10.2. The van der Waals surface area contributed by atoms with Crippen molar-refractivity contribution in [3.63, 3.8) is 0 Å². The molecule has 4 heterocycles. The van der Waals surface area contributed by atoms with Crippen LogP contribution in [-0.2, 0) is 4.74 Å². The first-order valence-corrected chi connectivity index (χ1v) is 10.3. The lowest BCUT2D eigenvalue weighted by Gasteiger charge is -2.25. The molecule has 2 saturated heterocycles. The smallest absolute Gasteiger partial charge is 0.164 e. The van der Waals surface area contributed by atoms with E-state index in [4.69, 9.17) is 9.84 Å². The topological polar surface area (TPSA) is 96.5 Å². The zero-order valence-corrected chi connectivity index (χ0v) is 16.8. The van der Waals surface area contributed by atoms with Crippen LogP contribution in [0.3, 0.4) is 0 Å². The Hall–Kier alpha value is -2.81. The third kappa shape index (κ3) is 3.47. The summed E-state index contributed by atoms with van der Waals surface area (Å²) in [7, 11) is 0. The Morgan fingerprint density at radius 2 is 2.03 bits per heavy atom. The van der Waals surface area contributed by atoms with Gasteiger partial charge < -0.3 is 19.8 Å². The van der Waals surface area contributed by atoms with Crippen molar-refractivity contribution in [2.75, 3.05) is 24.7 Å². The molecule has 8 heteroatoms. The summed E-state index contributed by atoms with van der Waals surface area (Å²) in [6, 6.07) is 12.3. The fraction of sp³-hybridized carbons (Fsp3) is 0.409. The molecule has 30 heavy (non-hydrogen) atoms. The number of aliphatic hydroxyl groups excluding tert-OH is 2. The van der Waals surface area contributed by atoms with E-state index in [0.29, 0.717) is 5.82 Å². The summed E-state index contributed by atoms with van der Waals surface area (Å²) in [6.45, 7) is 3.21. The minimum absolute atomic E-state index is 0.194. The van der Waals surface area contributed by atoms with Crippen LogP contribution in [0.2, 0.25) is 0 Å². The summed E-state index contributed by atoms with van der Waals surface area (Å²) in [6.07, 6.45) is 2.85. The molecule has 156 valence electrons. The Kier molecular flexibility index (Phi) is 4.98. The van der Waals surface area contributed by atoms with Crippen molar-refractivity contribution in [2.24, 2.45) is 0 Å².